The van der Waals surface area contributed by atoms with E-state index in [1.54, 1.807) is 0 Å². The molecule has 4 heteroatoms. The number of thiazole rings is 1. The smallest absolute Gasteiger partial charge is 0.133 e. The second kappa shape index (κ2) is 4.44. The summed E-state index contributed by atoms with van der Waals surface area (Å²) in [6.45, 7) is 8.84. The number of aromatic nitrogens is 1. The summed E-state index contributed by atoms with van der Waals surface area (Å²) in [6.07, 6.45) is 1.07. The molecule has 0 radical (unpaired) electrons. The maximum absolute atomic E-state index is 4.81. The van der Waals surface area contributed by atoms with Crippen molar-refractivity contribution in [1.29, 1.82) is 0 Å². The first-order chi connectivity index (χ1) is 8.54. The fourth-order valence-electron chi connectivity index (χ4n) is 2.09. The molecule has 0 fully saturated rings. The Hall–Kier alpha value is -0.710. The van der Waals surface area contributed by atoms with Crippen LogP contribution in [-0.2, 0) is 18.4 Å². The molecule has 3 rings (SSSR count). The Morgan fingerprint density at radius 1 is 1.22 bits per heavy atom. The largest absolute Gasteiger partial charge is 0.311 e. The average molecular weight is 278 g/mol. The maximum atomic E-state index is 4.81. The summed E-state index contributed by atoms with van der Waals surface area (Å²) in [5, 5.41) is 4.61. The van der Waals surface area contributed by atoms with E-state index >= 15 is 0 Å². The van der Waals surface area contributed by atoms with Crippen molar-refractivity contribution in [1.82, 2.24) is 10.3 Å². The van der Waals surface area contributed by atoms with Crippen LogP contribution in [0.3, 0.4) is 0 Å². The topological polar surface area (TPSA) is 24.9 Å². The fraction of sp³-hybridized carbons (Fsp3) is 0.500. The second-order valence-corrected chi connectivity index (χ2v) is 7.90. The third kappa shape index (κ3) is 2.25. The number of hydrogen-bond donors (Lipinski definition) is 1. The number of hydrogen-bond acceptors (Lipinski definition) is 4. The minimum absolute atomic E-state index is 0.237. The first kappa shape index (κ1) is 12.3. The normalized spacial score (nSPS) is 15.7. The molecule has 2 aromatic heterocycles. The summed E-state index contributed by atoms with van der Waals surface area (Å²) >= 11 is 3.73. The van der Waals surface area contributed by atoms with Gasteiger partial charge in [0.25, 0.3) is 0 Å². The van der Waals surface area contributed by atoms with Gasteiger partial charge in [-0.25, -0.2) is 4.98 Å². The lowest BCUT2D eigenvalue weighted by Gasteiger charge is -2.15. The molecule has 0 aliphatic carbocycles. The van der Waals surface area contributed by atoms with Crippen molar-refractivity contribution < 1.29 is 0 Å². The van der Waals surface area contributed by atoms with E-state index in [0.717, 1.165) is 19.5 Å². The molecule has 0 bridgehead atoms. The number of thiophene rings is 1. The van der Waals surface area contributed by atoms with Crippen molar-refractivity contribution in [3.05, 3.63) is 27.6 Å². The van der Waals surface area contributed by atoms with Crippen LogP contribution in [0.4, 0.5) is 0 Å². The van der Waals surface area contributed by atoms with E-state index < -0.39 is 0 Å². The minimum Gasteiger partial charge on any atom is -0.311 e. The number of nitrogens with zero attached hydrogens (tertiary/aromatic N) is 1. The molecule has 1 aliphatic rings. The van der Waals surface area contributed by atoms with Gasteiger partial charge in [-0.05, 0) is 17.5 Å². The van der Waals surface area contributed by atoms with E-state index in [4.69, 9.17) is 4.98 Å². The Kier molecular flexibility index (Phi) is 3.04. The zero-order chi connectivity index (χ0) is 12.8. The first-order valence-corrected chi connectivity index (χ1v) is 7.97. The minimum atomic E-state index is 0.237. The Labute approximate surface area is 116 Å². The number of fused-ring (bicyclic) bond motifs is 1. The quantitative estimate of drug-likeness (QED) is 0.858. The third-order valence-corrected chi connectivity index (χ3v) is 5.94. The van der Waals surface area contributed by atoms with Gasteiger partial charge in [0.2, 0.25) is 0 Å². The van der Waals surface area contributed by atoms with Gasteiger partial charge in [-0.15, -0.1) is 22.7 Å². The lowest BCUT2D eigenvalue weighted by molar-refractivity contribution is 0.604. The Bertz CT molecular complexity index is 537. The molecule has 3 heterocycles. The van der Waals surface area contributed by atoms with Crippen molar-refractivity contribution in [2.45, 2.75) is 39.2 Å². The standard InChI is InChI=1S/C14H18N2S2/c1-14(2,3)12-5-4-10(17-12)13-16-9-6-7-15-8-11(9)18-13/h4-5,15H,6-8H2,1-3H3. The van der Waals surface area contributed by atoms with Crippen LogP contribution in [-0.4, -0.2) is 11.5 Å². The SMILES string of the molecule is CC(C)(C)c1ccc(-c2nc3c(s2)CNCC3)s1. The molecular weight excluding hydrogens is 260 g/mol. The van der Waals surface area contributed by atoms with E-state index in [1.807, 2.05) is 22.7 Å². The van der Waals surface area contributed by atoms with Crippen molar-refractivity contribution in [2.24, 2.45) is 0 Å². The fourth-order valence-corrected chi connectivity index (χ4v) is 4.28. The van der Waals surface area contributed by atoms with Gasteiger partial charge in [-0.1, -0.05) is 20.8 Å². The Morgan fingerprint density at radius 2 is 2.06 bits per heavy atom. The molecule has 0 saturated heterocycles. The van der Waals surface area contributed by atoms with Crippen LogP contribution >= 0.6 is 22.7 Å². The van der Waals surface area contributed by atoms with Gasteiger partial charge in [0.15, 0.2) is 0 Å². The predicted octanol–water partition coefficient (Wildman–Crippen LogP) is 3.81. The number of nitrogens with one attached hydrogen (secondary N) is 1. The summed E-state index contributed by atoms with van der Waals surface area (Å²) in [4.78, 5) is 8.98. The van der Waals surface area contributed by atoms with Gasteiger partial charge in [0, 0.05) is 29.3 Å². The molecule has 1 aliphatic heterocycles. The molecule has 0 aromatic carbocycles. The summed E-state index contributed by atoms with van der Waals surface area (Å²) < 4.78 is 0. The van der Waals surface area contributed by atoms with Gasteiger partial charge in [0.1, 0.15) is 5.01 Å². The monoisotopic (exact) mass is 278 g/mol. The van der Waals surface area contributed by atoms with Crippen LogP contribution < -0.4 is 5.32 Å². The maximum Gasteiger partial charge on any atom is 0.133 e. The molecule has 0 saturated carbocycles. The summed E-state index contributed by atoms with van der Waals surface area (Å²) in [5.74, 6) is 0. The van der Waals surface area contributed by atoms with Crippen LogP contribution in [0.25, 0.3) is 9.88 Å². The second-order valence-electron chi connectivity index (χ2n) is 5.73. The molecule has 0 amide bonds. The Balaban J connectivity index is 1.95. The molecular formula is C14H18N2S2. The van der Waals surface area contributed by atoms with E-state index in [2.05, 4.69) is 38.2 Å². The summed E-state index contributed by atoms with van der Waals surface area (Å²) in [7, 11) is 0. The van der Waals surface area contributed by atoms with Gasteiger partial charge in [0.05, 0.1) is 10.6 Å². The van der Waals surface area contributed by atoms with E-state index in [-0.39, 0.29) is 5.41 Å². The first-order valence-electron chi connectivity index (χ1n) is 6.34. The van der Waals surface area contributed by atoms with Crippen LogP contribution in [0, 0.1) is 0 Å². The summed E-state index contributed by atoms with van der Waals surface area (Å²) in [5.41, 5.74) is 1.54. The molecule has 18 heavy (non-hydrogen) atoms. The van der Waals surface area contributed by atoms with Gasteiger partial charge < -0.3 is 5.32 Å². The zero-order valence-corrected chi connectivity index (χ0v) is 12.7. The molecule has 2 nitrogen and oxygen atoms in total. The highest BCUT2D eigenvalue weighted by Crippen LogP contribution is 2.37. The van der Waals surface area contributed by atoms with Crippen LogP contribution in [0.1, 0.15) is 36.2 Å². The molecule has 0 atom stereocenters. The van der Waals surface area contributed by atoms with Crippen molar-refractivity contribution in [2.75, 3.05) is 6.54 Å². The third-order valence-electron chi connectivity index (χ3n) is 3.16. The lowest BCUT2D eigenvalue weighted by Crippen LogP contribution is -2.22. The van der Waals surface area contributed by atoms with E-state index in [0.29, 0.717) is 0 Å². The average Bonchev–Trinajstić information content (AvgIpc) is 2.94. The van der Waals surface area contributed by atoms with Crippen molar-refractivity contribution in [3.8, 4) is 9.88 Å². The van der Waals surface area contributed by atoms with E-state index in [9.17, 15) is 0 Å². The highest BCUT2D eigenvalue weighted by molar-refractivity contribution is 7.22. The molecule has 0 unspecified atom stereocenters. The molecule has 1 N–H and O–H groups in total. The number of rotatable bonds is 1. The molecule has 0 spiro atoms. The van der Waals surface area contributed by atoms with Crippen LogP contribution in [0.5, 0.6) is 0 Å². The summed E-state index contributed by atoms with van der Waals surface area (Å²) in [6, 6.07) is 4.47. The molecule has 2 aromatic rings. The zero-order valence-electron chi connectivity index (χ0n) is 11.0. The van der Waals surface area contributed by atoms with Crippen LogP contribution in [0.2, 0.25) is 0 Å². The van der Waals surface area contributed by atoms with Crippen molar-refractivity contribution in [3.63, 3.8) is 0 Å². The predicted molar refractivity (Wildman–Crippen MR) is 79.5 cm³/mol. The molecule has 96 valence electrons. The van der Waals surface area contributed by atoms with Crippen LogP contribution in [0.15, 0.2) is 12.1 Å². The highest BCUT2D eigenvalue weighted by Gasteiger charge is 2.20. The van der Waals surface area contributed by atoms with Gasteiger partial charge >= 0.3 is 0 Å². The van der Waals surface area contributed by atoms with Crippen molar-refractivity contribution >= 4 is 22.7 Å². The lowest BCUT2D eigenvalue weighted by atomic mass is 9.95. The highest BCUT2D eigenvalue weighted by atomic mass is 32.1. The Morgan fingerprint density at radius 3 is 2.72 bits per heavy atom. The van der Waals surface area contributed by atoms with E-state index in [1.165, 1.54) is 25.3 Å². The van der Waals surface area contributed by atoms with Gasteiger partial charge in [-0.3, -0.25) is 0 Å². The van der Waals surface area contributed by atoms with Gasteiger partial charge in [-0.2, -0.15) is 0 Å².